The Bertz CT molecular complexity index is 620. The third-order valence-corrected chi connectivity index (χ3v) is 6.68. The first kappa shape index (κ1) is 22.1. The zero-order valence-electron chi connectivity index (χ0n) is 18.4. The molecule has 162 valence electrons. The topological polar surface area (TPSA) is 44.8 Å². The van der Waals surface area contributed by atoms with E-state index in [0.717, 1.165) is 25.4 Å². The summed E-state index contributed by atoms with van der Waals surface area (Å²) in [6.07, 6.45) is 7.95. The van der Waals surface area contributed by atoms with E-state index in [4.69, 9.17) is 4.84 Å². The highest BCUT2D eigenvalue weighted by Gasteiger charge is 2.24. The molecule has 0 unspecified atom stereocenters. The number of carbonyl (C=O) groups excluding carboxylic acids is 1. The van der Waals surface area contributed by atoms with E-state index in [9.17, 15) is 4.79 Å². The Morgan fingerprint density at radius 1 is 1.07 bits per heavy atom. The van der Waals surface area contributed by atoms with Gasteiger partial charge in [-0.1, -0.05) is 31.9 Å². The average molecular weight is 402 g/mol. The molecule has 1 saturated heterocycles. The SMILES string of the molecule is CCONC(=O)CC1CCC(CCN2CCN(c3cccc(CC)c3)CC2)CC1. The fraction of sp³-hybridized carbons (Fsp3) is 0.708. The maximum absolute atomic E-state index is 11.8. The monoisotopic (exact) mass is 401 g/mol. The Morgan fingerprint density at radius 2 is 1.79 bits per heavy atom. The molecule has 1 aliphatic carbocycles. The predicted molar refractivity (Wildman–Crippen MR) is 119 cm³/mol. The van der Waals surface area contributed by atoms with Crippen molar-refractivity contribution < 1.29 is 9.63 Å². The maximum Gasteiger partial charge on any atom is 0.243 e. The first-order valence-electron chi connectivity index (χ1n) is 11.6. The molecule has 1 saturated carbocycles. The van der Waals surface area contributed by atoms with Crippen molar-refractivity contribution in [2.24, 2.45) is 11.8 Å². The fourth-order valence-electron chi connectivity index (χ4n) is 4.75. The van der Waals surface area contributed by atoms with Gasteiger partial charge in [0.1, 0.15) is 0 Å². The van der Waals surface area contributed by atoms with Crippen LogP contribution in [-0.2, 0) is 16.1 Å². The third kappa shape index (κ3) is 7.00. The summed E-state index contributed by atoms with van der Waals surface area (Å²) in [5, 5.41) is 0. The second-order valence-electron chi connectivity index (χ2n) is 8.69. The van der Waals surface area contributed by atoms with Crippen LogP contribution in [0.15, 0.2) is 24.3 Å². The number of hydrogen-bond donors (Lipinski definition) is 1. The number of hydrogen-bond acceptors (Lipinski definition) is 4. The number of carbonyl (C=O) groups is 1. The van der Waals surface area contributed by atoms with E-state index in [1.807, 2.05) is 6.92 Å². The number of benzene rings is 1. The highest BCUT2D eigenvalue weighted by Crippen LogP contribution is 2.32. The highest BCUT2D eigenvalue weighted by molar-refractivity contribution is 5.75. The zero-order valence-corrected chi connectivity index (χ0v) is 18.4. The van der Waals surface area contributed by atoms with E-state index in [2.05, 4.69) is 46.5 Å². The highest BCUT2D eigenvalue weighted by atomic mass is 16.6. The lowest BCUT2D eigenvalue weighted by molar-refractivity contribution is -0.134. The molecule has 2 fully saturated rings. The van der Waals surface area contributed by atoms with E-state index >= 15 is 0 Å². The van der Waals surface area contributed by atoms with Crippen molar-refractivity contribution in [2.75, 3.05) is 44.2 Å². The Hall–Kier alpha value is -1.59. The van der Waals surface area contributed by atoms with Crippen molar-refractivity contribution in [3.63, 3.8) is 0 Å². The summed E-state index contributed by atoms with van der Waals surface area (Å²) >= 11 is 0. The normalized spacial score (nSPS) is 23.2. The molecule has 2 aliphatic rings. The molecule has 1 aliphatic heterocycles. The van der Waals surface area contributed by atoms with Crippen LogP contribution >= 0.6 is 0 Å². The molecule has 0 atom stereocenters. The minimum absolute atomic E-state index is 0.0395. The lowest BCUT2D eigenvalue weighted by Gasteiger charge is -2.37. The Labute approximate surface area is 176 Å². The Balaban J connectivity index is 1.31. The van der Waals surface area contributed by atoms with Gasteiger partial charge in [0.25, 0.3) is 0 Å². The number of nitrogens with one attached hydrogen (secondary N) is 1. The maximum atomic E-state index is 11.8. The van der Waals surface area contributed by atoms with Crippen molar-refractivity contribution in [2.45, 2.75) is 58.8 Å². The minimum Gasteiger partial charge on any atom is -0.369 e. The second-order valence-corrected chi connectivity index (χ2v) is 8.69. The number of piperazine rings is 1. The molecular weight excluding hydrogens is 362 g/mol. The van der Waals surface area contributed by atoms with Crippen molar-refractivity contribution in [1.29, 1.82) is 0 Å². The minimum atomic E-state index is 0.0395. The number of rotatable bonds is 9. The molecule has 3 rings (SSSR count). The van der Waals surface area contributed by atoms with Gasteiger partial charge in [0.05, 0.1) is 6.61 Å². The quantitative estimate of drug-likeness (QED) is 0.635. The van der Waals surface area contributed by atoms with Gasteiger partial charge in [-0.2, -0.15) is 0 Å². The van der Waals surface area contributed by atoms with Crippen LogP contribution in [0, 0.1) is 11.8 Å². The Kier molecular flexibility index (Phi) is 8.81. The molecule has 1 heterocycles. The molecule has 0 radical (unpaired) electrons. The molecule has 1 aromatic rings. The first-order chi connectivity index (χ1) is 14.2. The van der Waals surface area contributed by atoms with Gasteiger partial charge in [0, 0.05) is 38.3 Å². The van der Waals surface area contributed by atoms with Crippen molar-refractivity contribution in [3.8, 4) is 0 Å². The molecule has 5 nitrogen and oxygen atoms in total. The smallest absolute Gasteiger partial charge is 0.243 e. The summed E-state index contributed by atoms with van der Waals surface area (Å²) in [7, 11) is 0. The zero-order chi connectivity index (χ0) is 20.5. The summed E-state index contributed by atoms with van der Waals surface area (Å²) in [5.74, 6) is 1.41. The van der Waals surface area contributed by atoms with Gasteiger partial charge in [0.2, 0.25) is 5.91 Å². The summed E-state index contributed by atoms with van der Waals surface area (Å²) in [5.41, 5.74) is 5.34. The number of nitrogens with zero attached hydrogens (tertiary/aromatic N) is 2. The van der Waals surface area contributed by atoms with Gasteiger partial charge >= 0.3 is 0 Å². The van der Waals surface area contributed by atoms with Gasteiger partial charge in [-0.3, -0.25) is 14.5 Å². The number of aryl methyl sites for hydroxylation is 1. The van der Waals surface area contributed by atoms with Crippen LogP contribution < -0.4 is 10.4 Å². The third-order valence-electron chi connectivity index (χ3n) is 6.68. The van der Waals surface area contributed by atoms with Gasteiger partial charge in [-0.15, -0.1) is 0 Å². The molecule has 0 spiro atoms. The van der Waals surface area contributed by atoms with Crippen molar-refractivity contribution in [3.05, 3.63) is 29.8 Å². The van der Waals surface area contributed by atoms with E-state index < -0.39 is 0 Å². The van der Waals surface area contributed by atoms with Crippen LogP contribution in [-0.4, -0.2) is 50.1 Å². The van der Waals surface area contributed by atoms with E-state index in [-0.39, 0.29) is 5.91 Å². The largest absolute Gasteiger partial charge is 0.369 e. The molecule has 1 amide bonds. The molecule has 0 bridgehead atoms. The summed E-state index contributed by atoms with van der Waals surface area (Å²) < 4.78 is 0. The first-order valence-corrected chi connectivity index (χ1v) is 11.6. The van der Waals surface area contributed by atoms with Crippen LogP contribution in [0.4, 0.5) is 5.69 Å². The molecule has 29 heavy (non-hydrogen) atoms. The van der Waals surface area contributed by atoms with Crippen molar-refractivity contribution in [1.82, 2.24) is 10.4 Å². The summed E-state index contributed by atoms with van der Waals surface area (Å²) in [6, 6.07) is 9.02. The Morgan fingerprint density at radius 3 is 2.48 bits per heavy atom. The molecular formula is C24H39N3O2. The van der Waals surface area contributed by atoms with Crippen LogP contribution in [0.3, 0.4) is 0 Å². The van der Waals surface area contributed by atoms with Crippen LogP contribution in [0.5, 0.6) is 0 Å². The van der Waals surface area contributed by atoms with E-state index in [1.165, 1.54) is 63.0 Å². The lowest BCUT2D eigenvalue weighted by atomic mass is 9.79. The predicted octanol–water partition coefficient (Wildman–Crippen LogP) is 4.03. The van der Waals surface area contributed by atoms with Crippen molar-refractivity contribution >= 4 is 11.6 Å². The number of amides is 1. The molecule has 5 heteroatoms. The fourth-order valence-corrected chi connectivity index (χ4v) is 4.75. The molecule has 1 N–H and O–H groups in total. The van der Waals surface area contributed by atoms with Crippen LogP contribution in [0.2, 0.25) is 0 Å². The lowest BCUT2D eigenvalue weighted by Crippen LogP contribution is -2.47. The van der Waals surface area contributed by atoms with Gasteiger partial charge in [-0.25, -0.2) is 5.48 Å². The summed E-state index contributed by atoms with van der Waals surface area (Å²) in [4.78, 5) is 22.0. The number of hydroxylamine groups is 1. The molecule has 1 aromatic carbocycles. The number of anilines is 1. The van der Waals surface area contributed by atoms with E-state index in [1.54, 1.807) is 0 Å². The van der Waals surface area contributed by atoms with Gasteiger partial charge in [0.15, 0.2) is 0 Å². The average Bonchev–Trinajstić information content (AvgIpc) is 2.77. The van der Waals surface area contributed by atoms with Gasteiger partial charge < -0.3 is 4.90 Å². The van der Waals surface area contributed by atoms with E-state index in [0.29, 0.717) is 18.9 Å². The van der Waals surface area contributed by atoms with Crippen LogP contribution in [0.25, 0.3) is 0 Å². The summed E-state index contributed by atoms with van der Waals surface area (Å²) in [6.45, 7) is 10.5. The molecule has 0 aromatic heterocycles. The second kappa shape index (κ2) is 11.6. The standard InChI is InChI=1S/C24H39N3O2/c1-3-20-6-5-7-23(18-20)27-16-14-26(15-17-27)13-12-21-8-10-22(11-9-21)19-24(28)25-29-4-2/h5-7,18,21-22H,3-4,8-17,19H2,1-2H3,(H,25,28). The van der Waals surface area contributed by atoms with Gasteiger partial charge in [-0.05, 0) is 68.7 Å². The van der Waals surface area contributed by atoms with Crippen LogP contribution in [0.1, 0.15) is 57.9 Å².